The van der Waals surface area contributed by atoms with Crippen LogP contribution in [0.25, 0.3) is 0 Å². The maximum atomic E-state index is 11.8. The van der Waals surface area contributed by atoms with Gasteiger partial charge in [0, 0.05) is 0 Å². The molecule has 0 bridgehead atoms. The summed E-state index contributed by atoms with van der Waals surface area (Å²) >= 11 is 0. The summed E-state index contributed by atoms with van der Waals surface area (Å²) in [5.74, 6) is -0.713. The number of aryl methyl sites for hydroxylation is 1. The van der Waals surface area contributed by atoms with Gasteiger partial charge in [-0.2, -0.15) is 0 Å². The van der Waals surface area contributed by atoms with Gasteiger partial charge in [0.05, 0.1) is 5.92 Å². The van der Waals surface area contributed by atoms with Crippen LogP contribution in [0.15, 0.2) is 12.1 Å². The molecule has 0 amide bonds. The maximum absolute atomic E-state index is 11.8. The molecule has 0 aliphatic heterocycles. The SMILES string of the molecule is CCCCCCCCCCCCCCC(Cc1cc(C)c(O)c(C(C)(C)C)c1)C(=O)O. The van der Waals surface area contributed by atoms with Gasteiger partial charge in [0.1, 0.15) is 5.75 Å². The molecule has 0 aromatic heterocycles. The zero-order valence-electron chi connectivity index (χ0n) is 20.9. The smallest absolute Gasteiger partial charge is 0.306 e. The lowest BCUT2D eigenvalue weighted by Gasteiger charge is -2.23. The fraction of sp³-hybridized carbons (Fsp3) is 0.750. The molecule has 0 spiro atoms. The molecule has 0 saturated heterocycles. The first-order valence-corrected chi connectivity index (χ1v) is 12.7. The normalized spacial score (nSPS) is 12.8. The molecule has 0 aliphatic rings. The van der Waals surface area contributed by atoms with Crippen molar-refractivity contribution in [3.63, 3.8) is 0 Å². The predicted molar refractivity (Wildman–Crippen MR) is 132 cm³/mol. The molecule has 0 aliphatic carbocycles. The van der Waals surface area contributed by atoms with E-state index in [1.165, 1.54) is 64.2 Å². The minimum absolute atomic E-state index is 0.168. The Labute approximate surface area is 191 Å². The third-order valence-electron chi connectivity index (χ3n) is 6.41. The van der Waals surface area contributed by atoms with Crippen LogP contribution < -0.4 is 0 Å². The van der Waals surface area contributed by atoms with E-state index in [9.17, 15) is 15.0 Å². The van der Waals surface area contributed by atoms with E-state index in [1.54, 1.807) is 0 Å². The van der Waals surface area contributed by atoms with E-state index >= 15 is 0 Å². The lowest BCUT2D eigenvalue weighted by molar-refractivity contribution is -0.142. The van der Waals surface area contributed by atoms with Crippen molar-refractivity contribution in [3.05, 3.63) is 28.8 Å². The van der Waals surface area contributed by atoms with Crippen molar-refractivity contribution in [1.82, 2.24) is 0 Å². The number of carboxylic acids is 1. The first-order valence-electron chi connectivity index (χ1n) is 12.7. The van der Waals surface area contributed by atoms with Crippen LogP contribution in [0.3, 0.4) is 0 Å². The van der Waals surface area contributed by atoms with Crippen LogP contribution in [0.1, 0.15) is 128 Å². The second-order valence-electron chi connectivity index (χ2n) is 10.5. The highest BCUT2D eigenvalue weighted by Crippen LogP contribution is 2.35. The molecule has 1 atom stereocenters. The van der Waals surface area contributed by atoms with E-state index in [4.69, 9.17) is 0 Å². The van der Waals surface area contributed by atoms with E-state index in [0.717, 1.165) is 36.0 Å². The number of hydrogen-bond acceptors (Lipinski definition) is 2. The van der Waals surface area contributed by atoms with Gasteiger partial charge in [0.15, 0.2) is 0 Å². The third kappa shape index (κ3) is 11.1. The second-order valence-corrected chi connectivity index (χ2v) is 10.5. The standard InChI is InChI=1S/C28H48O3/c1-6-7-8-9-10-11-12-13-14-15-16-17-18-24(27(30)31)20-23-19-22(2)26(29)25(21-23)28(3,4)5/h19,21,24,29H,6-18,20H2,1-5H3,(H,30,31). The lowest BCUT2D eigenvalue weighted by atomic mass is 9.82. The monoisotopic (exact) mass is 432 g/mol. The second kappa shape index (κ2) is 14.5. The van der Waals surface area contributed by atoms with Crippen molar-refractivity contribution in [1.29, 1.82) is 0 Å². The molecule has 1 aromatic rings. The zero-order chi connectivity index (χ0) is 23.3. The van der Waals surface area contributed by atoms with Crippen LogP contribution in [0.2, 0.25) is 0 Å². The summed E-state index contributed by atoms with van der Waals surface area (Å²) < 4.78 is 0. The average molecular weight is 433 g/mol. The zero-order valence-corrected chi connectivity index (χ0v) is 20.9. The topological polar surface area (TPSA) is 57.5 Å². The number of phenols is 1. The molecule has 0 fully saturated rings. The van der Waals surface area contributed by atoms with Gasteiger partial charge in [-0.3, -0.25) is 4.79 Å². The highest BCUT2D eigenvalue weighted by Gasteiger charge is 2.23. The number of hydrogen-bond donors (Lipinski definition) is 2. The Hall–Kier alpha value is -1.51. The van der Waals surface area contributed by atoms with Crippen LogP contribution in [-0.2, 0) is 16.6 Å². The van der Waals surface area contributed by atoms with Crippen LogP contribution in [0, 0.1) is 12.8 Å². The number of carbonyl (C=O) groups is 1. The third-order valence-corrected chi connectivity index (χ3v) is 6.41. The van der Waals surface area contributed by atoms with Gasteiger partial charge in [-0.05, 0) is 41.9 Å². The molecule has 3 heteroatoms. The summed E-state index contributed by atoms with van der Waals surface area (Å²) in [4.78, 5) is 11.8. The molecular weight excluding hydrogens is 384 g/mol. The summed E-state index contributed by atoms with van der Waals surface area (Å²) in [6, 6.07) is 3.95. The van der Waals surface area contributed by atoms with E-state index in [0.29, 0.717) is 12.2 Å². The van der Waals surface area contributed by atoms with Gasteiger partial charge in [-0.25, -0.2) is 0 Å². The predicted octanol–water partition coefficient (Wildman–Crippen LogP) is 8.33. The van der Waals surface area contributed by atoms with Crippen LogP contribution in [-0.4, -0.2) is 16.2 Å². The van der Waals surface area contributed by atoms with Gasteiger partial charge in [-0.1, -0.05) is 117 Å². The number of aromatic hydroxyl groups is 1. The summed E-state index contributed by atoms with van der Waals surface area (Å²) in [5, 5.41) is 20.1. The summed E-state index contributed by atoms with van der Waals surface area (Å²) in [6.07, 6.45) is 16.8. The van der Waals surface area contributed by atoms with Gasteiger partial charge in [0.25, 0.3) is 0 Å². The fourth-order valence-corrected chi connectivity index (χ4v) is 4.37. The van der Waals surface area contributed by atoms with Gasteiger partial charge >= 0.3 is 5.97 Å². The maximum Gasteiger partial charge on any atom is 0.306 e. The molecule has 1 rings (SSSR count). The van der Waals surface area contributed by atoms with E-state index in [-0.39, 0.29) is 11.3 Å². The number of rotatable bonds is 16. The highest BCUT2D eigenvalue weighted by atomic mass is 16.4. The number of phenolic OH excluding ortho intramolecular Hbond substituents is 1. The van der Waals surface area contributed by atoms with Crippen molar-refractivity contribution in [3.8, 4) is 5.75 Å². The number of unbranched alkanes of at least 4 members (excludes halogenated alkanes) is 11. The molecule has 31 heavy (non-hydrogen) atoms. The Morgan fingerprint density at radius 2 is 1.35 bits per heavy atom. The first-order chi connectivity index (χ1) is 14.7. The Morgan fingerprint density at radius 3 is 1.81 bits per heavy atom. The Kier molecular flexibility index (Phi) is 12.9. The number of benzene rings is 1. The molecule has 0 radical (unpaired) electrons. The minimum Gasteiger partial charge on any atom is -0.507 e. The van der Waals surface area contributed by atoms with Crippen LogP contribution in [0.4, 0.5) is 0 Å². The van der Waals surface area contributed by atoms with Crippen molar-refractivity contribution >= 4 is 5.97 Å². The molecule has 1 aromatic carbocycles. The number of aliphatic carboxylic acids is 1. The molecular formula is C28H48O3. The average Bonchev–Trinajstić information content (AvgIpc) is 2.69. The van der Waals surface area contributed by atoms with Crippen molar-refractivity contribution in [2.45, 2.75) is 130 Å². The Bertz CT molecular complexity index is 642. The van der Waals surface area contributed by atoms with Crippen molar-refractivity contribution in [2.24, 2.45) is 5.92 Å². The van der Waals surface area contributed by atoms with E-state index in [1.807, 2.05) is 19.1 Å². The molecule has 0 heterocycles. The Balaban J connectivity index is 2.35. The van der Waals surface area contributed by atoms with Crippen molar-refractivity contribution in [2.75, 3.05) is 0 Å². The molecule has 3 nitrogen and oxygen atoms in total. The number of carboxylic acid groups (broad SMARTS) is 1. The Morgan fingerprint density at radius 1 is 0.871 bits per heavy atom. The van der Waals surface area contributed by atoms with Crippen molar-refractivity contribution < 1.29 is 15.0 Å². The highest BCUT2D eigenvalue weighted by molar-refractivity contribution is 5.70. The fourth-order valence-electron chi connectivity index (χ4n) is 4.37. The molecule has 2 N–H and O–H groups in total. The summed E-state index contributed by atoms with van der Waals surface area (Å²) in [5.41, 5.74) is 2.58. The lowest BCUT2D eigenvalue weighted by Crippen LogP contribution is -2.18. The van der Waals surface area contributed by atoms with Crippen LogP contribution >= 0.6 is 0 Å². The van der Waals surface area contributed by atoms with Gasteiger partial charge in [0.2, 0.25) is 0 Å². The molecule has 1 unspecified atom stereocenters. The molecule has 0 saturated carbocycles. The van der Waals surface area contributed by atoms with Gasteiger partial charge in [-0.15, -0.1) is 0 Å². The minimum atomic E-state index is -0.703. The summed E-state index contributed by atoms with van der Waals surface area (Å²) in [6.45, 7) is 10.4. The first kappa shape index (κ1) is 27.5. The quantitative estimate of drug-likeness (QED) is 0.258. The van der Waals surface area contributed by atoms with Gasteiger partial charge < -0.3 is 10.2 Å². The largest absolute Gasteiger partial charge is 0.507 e. The van der Waals surface area contributed by atoms with Crippen LogP contribution in [0.5, 0.6) is 5.75 Å². The van der Waals surface area contributed by atoms with E-state index in [2.05, 4.69) is 27.7 Å². The summed E-state index contributed by atoms with van der Waals surface area (Å²) in [7, 11) is 0. The molecule has 178 valence electrons. The van der Waals surface area contributed by atoms with E-state index < -0.39 is 5.97 Å².